The molecule has 0 N–H and O–H groups in total. The highest BCUT2D eigenvalue weighted by molar-refractivity contribution is 6.33. The van der Waals surface area contributed by atoms with Crippen molar-refractivity contribution in [3.05, 3.63) is 34.7 Å². The second kappa shape index (κ2) is 3.62. The molecule has 0 spiro atoms. The normalized spacial score (nSPS) is 11.1. The van der Waals surface area contributed by atoms with E-state index in [1.165, 1.54) is 5.56 Å². The van der Waals surface area contributed by atoms with Crippen LogP contribution in [-0.2, 0) is 6.42 Å². The minimum absolute atomic E-state index is 0.740. The number of aromatic nitrogens is 2. The van der Waals surface area contributed by atoms with E-state index in [2.05, 4.69) is 18.1 Å². The molecule has 2 nitrogen and oxygen atoms in total. The lowest BCUT2D eigenvalue weighted by molar-refractivity contribution is 0.909. The minimum Gasteiger partial charge on any atom is -0.305 e. The van der Waals surface area contributed by atoms with Crippen LogP contribution in [0.2, 0.25) is 5.02 Å². The Balaban J connectivity index is 2.59. The molecule has 2 aromatic heterocycles. The van der Waals surface area contributed by atoms with Crippen molar-refractivity contribution < 1.29 is 0 Å². The Morgan fingerprint density at radius 3 is 2.93 bits per heavy atom. The van der Waals surface area contributed by atoms with E-state index in [4.69, 9.17) is 11.6 Å². The molecule has 2 rings (SSSR count). The van der Waals surface area contributed by atoms with Gasteiger partial charge in [0.15, 0.2) is 5.65 Å². The number of fused-ring (bicyclic) bond motifs is 1. The first-order chi connectivity index (χ1) is 6.70. The van der Waals surface area contributed by atoms with Crippen molar-refractivity contribution in [1.82, 2.24) is 9.38 Å². The Morgan fingerprint density at radius 1 is 1.43 bits per heavy atom. The minimum atomic E-state index is 0.740. The molecule has 0 atom stereocenters. The lowest BCUT2D eigenvalue weighted by Gasteiger charge is -2.01. The van der Waals surface area contributed by atoms with Crippen molar-refractivity contribution in [3.63, 3.8) is 0 Å². The molecule has 0 aliphatic rings. The van der Waals surface area contributed by atoms with Crippen LogP contribution < -0.4 is 0 Å². The number of nitrogens with zero attached hydrogens (tertiary/aromatic N) is 2. The van der Waals surface area contributed by atoms with E-state index in [1.54, 1.807) is 0 Å². The third-order valence-electron chi connectivity index (χ3n) is 2.22. The van der Waals surface area contributed by atoms with Gasteiger partial charge in [-0.1, -0.05) is 24.9 Å². The van der Waals surface area contributed by atoms with Gasteiger partial charge in [-0.05, 0) is 25.0 Å². The summed E-state index contributed by atoms with van der Waals surface area (Å²) in [7, 11) is 0. The van der Waals surface area contributed by atoms with Gasteiger partial charge in [0, 0.05) is 12.4 Å². The van der Waals surface area contributed by atoms with Crippen molar-refractivity contribution in [1.29, 1.82) is 0 Å². The molecule has 3 heteroatoms. The summed E-state index contributed by atoms with van der Waals surface area (Å²) in [4.78, 5) is 4.34. The SMILES string of the molecule is CCCc1cc(Cl)c2nc(C)cn2c1. The number of pyridine rings is 1. The zero-order chi connectivity index (χ0) is 10.1. The summed E-state index contributed by atoms with van der Waals surface area (Å²) in [5.41, 5.74) is 3.12. The molecule has 0 bridgehead atoms. The third-order valence-corrected chi connectivity index (χ3v) is 2.50. The molecule has 2 aromatic rings. The van der Waals surface area contributed by atoms with Crippen molar-refractivity contribution in [2.24, 2.45) is 0 Å². The van der Waals surface area contributed by atoms with Gasteiger partial charge in [-0.25, -0.2) is 4.98 Å². The van der Waals surface area contributed by atoms with Crippen molar-refractivity contribution >= 4 is 17.2 Å². The molecule has 0 saturated carbocycles. The monoisotopic (exact) mass is 208 g/mol. The molecular formula is C11H13ClN2. The van der Waals surface area contributed by atoms with Crippen molar-refractivity contribution in [2.75, 3.05) is 0 Å². The summed E-state index contributed by atoms with van der Waals surface area (Å²) >= 11 is 6.13. The first-order valence-electron chi connectivity index (χ1n) is 4.84. The van der Waals surface area contributed by atoms with Gasteiger partial charge in [0.2, 0.25) is 0 Å². The summed E-state index contributed by atoms with van der Waals surface area (Å²) in [6, 6.07) is 2.01. The van der Waals surface area contributed by atoms with Crippen LogP contribution in [0.1, 0.15) is 24.6 Å². The predicted octanol–water partition coefficient (Wildman–Crippen LogP) is 3.25. The predicted molar refractivity (Wildman–Crippen MR) is 58.9 cm³/mol. The fourth-order valence-corrected chi connectivity index (χ4v) is 1.94. The van der Waals surface area contributed by atoms with Gasteiger partial charge in [0.25, 0.3) is 0 Å². The first-order valence-corrected chi connectivity index (χ1v) is 5.22. The smallest absolute Gasteiger partial charge is 0.155 e. The van der Waals surface area contributed by atoms with Gasteiger partial charge in [0.1, 0.15) is 0 Å². The van der Waals surface area contributed by atoms with Gasteiger partial charge < -0.3 is 4.40 Å². The van der Waals surface area contributed by atoms with E-state index in [0.29, 0.717) is 0 Å². The molecule has 0 saturated heterocycles. The van der Waals surface area contributed by atoms with Crippen molar-refractivity contribution in [3.8, 4) is 0 Å². The van der Waals surface area contributed by atoms with Crippen LogP contribution in [0.3, 0.4) is 0 Å². The van der Waals surface area contributed by atoms with Crippen LogP contribution in [-0.4, -0.2) is 9.38 Å². The zero-order valence-electron chi connectivity index (χ0n) is 8.42. The van der Waals surface area contributed by atoms with Gasteiger partial charge in [-0.2, -0.15) is 0 Å². The Hall–Kier alpha value is -1.02. The maximum atomic E-state index is 6.13. The van der Waals surface area contributed by atoms with Crippen molar-refractivity contribution in [2.45, 2.75) is 26.7 Å². The number of aryl methyl sites for hydroxylation is 2. The highest BCUT2D eigenvalue weighted by Gasteiger charge is 2.04. The molecule has 0 aromatic carbocycles. The Bertz CT molecular complexity index is 460. The van der Waals surface area contributed by atoms with E-state index < -0.39 is 0 Å². The second-order valence-electron chi connectivity index (χ2n) is 3.56. The zero-order valence-corrected chi connectivity index (χ0v) is 9.17. The highest BCUT2D eigenvalue weighted by atomic mass is 35.5. The van der Waals surface area contributed by atoms with E-state index in [0.717, 1.165) is 29.2 Å². The first kappa shape index (κ1) is 9.53. The second-order valence-corrected chi connectivity index (χ2v) is 3.97. The van der Waals surface area contributed by atoms with Gasteiger partial charge >= 0.3 is 0 Å². The number of hydrogen-bond donors (Lipinski definition) is 0. The molecule has 0 fully saturated rings. The summed E-state index contributed by atoms with van der Waals surface area (Å²) in [6.45, 7) is 4.14. The van der Waals surface area contributed by atoms with Crippen LogP contribution in [0, 0.1) is 6.92 Å². The third kappa shape index (κ3) is 1.62. The van der Waals surface area contributed by atoms with E-state index in [9.17, 15) is 0 Å². The average Bonchev–Trinajstić information content (AvgIpc) is 2.47. The number of imidazole rings is 1. The van der Waals surface area contributed by atoms with Gasteiger partial charge in [-0.3, -0.25) is 0 Å². The maximum Gasteiger partial charge on any atom is 0.155 e. The summed E-state index contributed by atoms with van der Waals surface area (Å²) in [5.74, 6) is 0. The molecule has 74 valence electrons. The van der Waals surface area contributed by atoms with Crippen LogP contribution in [0.5, 0.6) is 0 Å². The quantitative estimate of drug-likeness (QED) is 0.741. The van der Waals surface area contributed by atoms with Crippen LogP contribution in [0.4, 0.5) is 0 Å². The summed E-state index contributed by atoms with van der Waals surface area (Å²) < 4.78 is 2.00. The van der Waals surface area contributed by atoms with E-state index in [1.807, 2.05) is 23.6 Å². The maximum absolute atomic E-state index is 6.13. The van der Waals surface area contributed by atoms with Crippen LogP contribution >= 0.6 is 11.6 Å². The standard InChI is InChI=1S/C11H13ClN2/c1-3-4-9-5-10(12)11-13-8(2)6-14(11)7-9/h5-7H,3-4H2,1-2H3. The van der Waals surface area contributed by atoms with Gasteiger partial charge in [-0.15, -0.1) is 0 Å². The summed E-state index contributed by atoms with van der Waals surface area (Å²) in [6.07, 6.45) is 6.30. The van der Waals surface area contributed by atoms with Gasteiger partial charge in [0.05, 0.1) is 10.7 Å². The fraction of sp³-hybridized carbons (Fsp3) is 0.364. The Labute approximate surface area is 88.5 Å². The average molecular weight is 209 g/mol. The molecule has 0 radical (unpaired) electrons. The Kier molecular flexibility index (Phi) is 2.46. The number of rotatable bonds is 2. The van der Waals surface area contributed by atoms with Crippen LogP contribution in [0.25, 0.3) is 5.65 Å². The molecule has 2 heterocycles. The Morgan fingerprint density at radius 2 is 2.21 bits per heavy atom. The molecule has 0 amide bonds. The topological polar surface area (TPSA) is 17.3 Å². The van der Waals surface area contributed by atoms with E-state index >= 15 is 0 Å². The number of halogens is 1. The van der Waals surface area contributed by atoms with E-state index in [-0.39, 0.29) is 0 Å². The molecule has 14 heavy (non-hydrogen) atoms. The highest BCUT2D eigenvalue weighted by Crippen LogP contribution is 2.19. The fourth-order valence-electron chi connectivity index (χ4n) is 1.66. The molecule has 0 aliphatic heterocycles. The molecular weight excluding hydrogens is 196 g/mol. The molecule has 0 unspecified atom stereocenters. The largest absolute Gasteiger partial charge is 0.305 e. The summed E-state index contributed by atoms with van der Waals surface area (Å²) in [5, 5.41) is 0.740. The van der Waals surface area contributed by atoms with Crippen LogP contribution in [0.15, 0.2) is 18.5 Å². The lowest BCUT2D eigenvalue weighted by atomic mass is 10.2. The number of hydrogen-bond acceptors (Lipinski definition) is 1. The molecule has 0 aliphatic carbocycles. The lowest BCUT2D eigenvalue weighted by Crippen LogP contribution is -1.90.